The summed E-state index contributed by atoms with van der Waals surface area (Å²) in [6.07, 6.45) is 12.3. The minimum Gasteiger partial charge on any atom is -0.356 e. The molecule has 0 radical (unpaired) electrons. The van der Waals surface area contributed by atoms with Gasteiger partial charge < -0.3 is 5.32 Å². The van der Waals surface area contributed by atoms with Crippen LogP contribution in [0.15, 0.2) is 0 Å². The average Bonchev–Trinajstić information content (AvgIpc) is 2.41. The fourth-order valence-electron chi connectivity index (χ4n) is 3.58. The lowest BCUT2D eigenvalue weighted by Crippen LogP contribution is -2.34. The average molecular weight is 296 g/mol. The smallest absolute Gasteiger partial charge is 0.223 e. The molecule has 0 aromatic carbocycles. The van der Waals surface area contributed by atoms with Crippen LogP contribution in [0.3, 0.4) is 0 Å². The molecule has 2 nitrogen and oxygen atoms in total. The van der Waals surface area contributed by atoms with Crippen molar-refractivity contribution in [1.29, 1.82) is 0 Å². The normalized spacial score (nSPS) is 23.0. The van der Waals surface area contributed by atoms with Gasteiger partial charge in [0.15, 0.2) is 0 Å². The Bertz CT molecular complexity index is 284. The summed E-state index contributed by atoms with van der Waals surface area (Å²) in [7, 11) is 0. The molecular formula is C19H37NO. The summed E-state index contributed by atoms with van der Waals surface area (Å²) in [5.41, 5.74) is 0.429. The molecule has 1 N–H and O–H groups in total. The highest BCUT2D eigenvalue weighted by molar-refractivity contribution is 5.78. The first-order valence-electron chi connectivity index (χ1n) is 9.20. The van der Waals surface area contributed by atoms with E-state index in [0.717, 1.165) is 31.7 Å². The molecule has 1 saturated carbocycles. The molecule has 1 amide bonds. The van der Waals surface area contributed by atoms with E-state index in [1.807, 2.05) is 0 Å². The van der Waals surface area contributed by atoms with Crippen molar-refractivity contribution in [3.63, 3.8) is 0 Å². The van der Waals surface area contributed by atoms with Gasteiger partial charge in [-0.05, 0) is 49.9 Å². The molecule has 21 heavy (non-hydrogen) atoms. The minimum absolute atomic E-state index is 0.289. The van der Waals surface area contributed by atoms with E-state index in [2.05, 4.69) is 33.0 Å². The Hall–Kier alpha value is -0.530. The number of amides is 1. The molecule has 0 aliphatic heterocycles. The van der Waals surface area contributed by atoms with Crippen molar-refractivity contribution in [2.24, 2.45) is 17.3 Å². The fraction of sp³-hybridized carbons (Fsp3) is 0.947. The first-order valence-corrected chi connectivity index (χ1v) is 9.20. The van der Waals surface area contributed by atoms with Gasteiger partial charge in [-0.1, -0.05) is 53.4 Å². The lowest BCUT2D eigenvalue weighted by Gasteiger charge is -2.32. The Balaban J connectivity index is 2.11. The van der Waals surface area contributed by atoms with E-state index in [-0.39, 0.29) is 5.92 Å². The van der Waals surface area contributed by atoms with Gasteiger partial charge in [-0.15, -0.1) is 0 Å². The second kappa shape index (κ2) is 9.48. The standard InChI is InChI=1S/C19H37NO/c1-5-6-7-8-9-14-20-18(21)17-12-10-16(11-13-17)15-19(2,3)4/h16-17H,5-15H2,1-4H3,(H,20,21). The number of rotatable bonds is 8. The van der Waals surface area contributed by atoms with Crippen molar-refractivity contribution in [2.45, 2.75) is 91.9 Å². The van der Waals surface area contributed by atoms with Crippen LogP contribution >= 0.6 is 0 Å². The molecule has 1 aliphatic rings. The van der Waals surface area contributed by atoms with Crippen LogP contribution in [0.5, 0.6) is 0 Å². The molecule has 0 atom stereocenters. The van der Waals surface area contributed by atoms with Gasteiger partial charge in [0.1, 0.15) is 0 Å². The van der Waals surface area contributed by atoms with Crippen molar-refractivity contribution in [1.82, 2.24) is 5.32 Å². The van der Waals surface area contributed by atoms with Gasteiger partial charge >= 0.3 is 0 Å². The van der Waals surface area contributed by atoms with Crippen molar-refractivity contribution in [3.05, 3.63) is 0 Å². The van der Waals surface area contributed by atoms with Crippen molar-refractivity contribution in [3.8, 4) is 0 Å². The molecule has 124 valence electrons. The van der Waals surface area contributed by atoms with E-state index in [0.29, 0.717) is 11.3 Å². The summed E-state index contributed by atoms with van der Waals surface area (Å²) in [5.74, 6) is 1.44. The molecule has 1 fully saturated rings. The zero-order valence-electron chi connectivity index (χ0n) is 14.8. The van der Waals surface area contributed by atoms with Crippen LogP contribution < -0.4 is 5.32 Å². The Morgan fingerprint density at radius 3 is 2.19 bits per heavy atom. The van der Waals surface area contributed by atoms with Gasteiger partial charge in [0.2, 0.25) is 5.91 Å². The predicted molar refractivity (Wildman–Crippen MR) is 91.3 cm³/mol. The first-order chi connectivity index (χ1) is 9.92. The fourth-order valence-corrected chi connectivity index (χ4v) is 3.58. The van der Waals surface area contributed by atoms with Crippen LogP contribution in [-0.2, 0) is 4.79 Å². The summed E-state index contributed by atoms with van der Waals surface area (Å²) >= 11 is 0. The number of nitrogens with one attached hydrogen (secondary N) is 1. The number of carbonyl (C=O) groups is 1. The number of unbranched alkanes of at least 4 members (excludes halogenated alkanes) is 4. The molecule has 0 unspecified atom stereocenters. The maximum atomic E-state index is 12.2. The summed E-state index contributed by atoms with van der Waals surface area (Å²) in [4.78, 5) is 12.2. The summed E-state index contributed by atoms with van der Waals surface area (Å²) in [6.45, 7) is 10.1. The van der Waals surface area contributed by atoms with Gasteiger partial charge in [-0.3, -0.25) is 4.79 Å². The van der Waals surface area contributed by atoms with Crippen LogP contribution in [0, 0.1) is 17.3 Å². The SMILES string of the molecule is CCCCCCCNC(=O)C1CCC(CC(C)(C)C)CC1. The largest absolute Gasteiger partial charge is 0.356 e. The number of carbonyl (C=O) groups excluding carboxylic acids is 1. The topological polar surface area (TPSA) is 29.1 Å². The summed E-state index contributed by atoms with van der Waals surface area (Å²) in [6, 6.07) is 0. The van der Waals surface area contributed by atoms with Crippen LogP contribution in [0.2, 0.25) is 0 Å². The second-order valence-electron chi connectivity index (χ2n) is 8.19. The summed E-state index contributed by atoms with van der Waals surface area (Å²) in [5, 5.41) is 3.15. The van der Waals surface area contributed by atoms with Crippen LogP contribution in [0.4, 0.5) is 0 Å². The van der Waals surface area contributed by atoms with Crippen LogP contribution in [0.1, 0.15) is 91.9 Å². The lowest BCUT2D eigenvalue weighted by atomic mass is 9.74. The molecule has 0 aromatic heterocycles. The highest BCUT2D eigenvalue weighted by Crippen LogP contribution is 2.36. The third-order valence-electron chi connectivity index (χ3n) is 4.70. The molecule has 0 spiro atoms. The number of hydrogen-bond donors (Lipinski definition) is 1. The van der Waals surface area contributed by atoms with E-state index in [1.165, 1.54) is 44.9 Å². The van der Waals surface area contributed by atoms with Crippen molar-refractivity contribution >= 4 is 5.91 Å². The van der Waals surface area contributed by atoms with E-state index < -0.39 is 0 Å². The Kier molecular flexibility index (Phi) is 8.36. The maximum Gasteiger partial charge on any atom is 0.223 e. The molecular weight excluding hydrogens is 258 g/mol. The van der Waals surface area contributed by atoms with Gasteiger partial charge in [0.25, 0.3) is 0 Å². The molecule has 0 heterocycles. The molecule has 2 heteroatoms. The molecule has 0 bridgehead atoms. The second-order valence-corrected chi connectivity index (χ2v) is 8.19. The Labute approximate surface area is 132 Å². The maximum absolute atomic E-state index is 12.2. The van der Waals surface area contributed by atoms with E-state index >= 15 is 0 Å². The van der Waals surface area contributed by atoms with E-state index in [9.17, 15) is 4.79 Å². The third kappa shape index (κ3) is 8.48. The highest BCUT2D eigenvalue weighted by Gasteiger charge is 2.28. The van der Waals surface area contributed by atoms with Crippen molar-refractivity contribution in [2.75, 3.05) is 6.54 Å². The predicted octanol–water partition coefficient (Wildman–Crippen LogP) is 5.32. The molecule has 0 saturated heterocycles. The summed E-state index contributed by atoms with van der Waals surface area (Å²) < 4.78 is 0. The van der Waals surface area contributed by atoms with E-state index in [1.54, 1.807) is 0 Å². The Morgan fingerprint density at radius 2 is 1.62 bits per heavy atom. The lowest BCUT2D eigenvalue weighted by molar-refractivity contribution is -0.126. The monoisotopic (exact) mass is 295 g/mol. The third-order valence-corrected chi connectivity index (χ3v) is 4.70. The van der Waals surface area contributed by atoms with Gasteiger partial charge in [-0.25, -0.2) is 0 Å². The van der Waals surface area contributed by atoms with Gasteiger partial charge in [-0.2, -0.15) is 0 Å². The molecule has 1 aliphatic carbocycles. The zero-order chi connectivity index (χ0) is 15.7. The Morgan fingerprint density at radius 1 is 1.00 bits per heavy atom. The van der Waals surface area contributed by atoms with Crippen molar-refractivity contribution < 1.29 is 4.79 Å². The zero-order valence-corrected chi connectivity index (χ0v) is 14.8. The van der Waals surface area contributed by atoms with E-state index in [4.69, 9.17) is 0 Å². The molecule has 1 rings (SSSR count). The van der Waals surface area contributed by atoms with Crippen LogP contribution in [-0.4, -0.2) is 12.5 Å². The molecule has 0 aromatic rings. The highest BCUT2D eigenvalue weighted by atomic mass is 16.1. The van der Waals surface area contributed by atoms with Gasteiger partial charge in [0, 0.05) is 12.5 Å². The first kappa shape index (κ1) is 18.5. The van der Waals surface area contributed by atoms with Gasteiger partial charge in [0.05, 0.1) is 0 Å². The van der Waals surface area contributed by atoms with Crippen LogP contribution in [0.25, 0.3) is 0 Å². The quantitative estimate of drug-likeness (QED) is 0.604. The minimum atomic E-state index is 0.289. The number of hydrogen-bond acceptors (Lipinski definition) is 1.